The summed E-state index contributed by atoms with van der Waals surface area (Å²) in [5.74, 6) is 0. The van der Waals surface area contributed by atoms with Crippen LogP contribution in [-0.2, 0) is 0 Å². The van der Waals surface area contributed by atoms with Gasteiger partial charge in [0.2, 0.25) is 0 Å². The van der Waals surface area contributed by atoms with Gasteiger partial charge < -0.3 is 0 Å². The number of allylic oxidation sites excluding steroid dienone is 1. The van der Waals surface area contributed by atoms with Crippen LogP contribution in [0.5, 0.6) is 0 Å². The van der Waals surface area contributed by atoms with Gasteiger partial charge in [-0.25, -0.2) is 0 Å². The van der Waals surface area contributed by atoms with Gasteiger partial charge >= 0.3 is 6.00 Å². The Bertz CT molecular complexity index is 97.7. The molecule has 0 fully saturated rings. The Morgan fingerprint density at radius 2 is 1.80 bits per heavy atom. The number of rotatable bonds is 5. The molecule has 0 aromatic carbocycles. The van der Waals surface area contributed by atoms with Crippen LogP contribution in [0.15, 0.2) is 12.7 Å². The molecule has 0 atom stereocenters. The number of unbranched alkanes of at least 4 members (excludes halogenated alkanes) is 2. The predicted octanol–water partition coefficient (Wildman–Crippen LogP) is 4.00. The molecule has 0 saturated carbocycles. The first kappa shape index (κ1) is 10.8. The average Bonchev–Trinajstić information content (AvgIpc) is 1.78. The molecule has 0 rings (SSSR count). The van der Waals surface area contributed by atoms with E-state index in [1.807, 2.05) is 6.08 Å². The highest BCUT2D eigenvalue weighted by Gasteiger charge is 2.23. The Morgan fingerprint density at radius 3 is 2.20 bits per heavy atom. The predicted molar refractivity (Wildman–Crippen MR) is 52.2 cm³/mol. The van der Waals surface area contributed by atoms with E-state index < -0.39 is 6.00 Å². The molecule has 0 spiro atoms. The molecule has 0 N–H and O–H groups in total. The number of hydrogen-bond acceptors (Lipinski definition) is 0. The lowest BCUT2D eigenvalue weighted by molar-refractivity contribution is 0.812. The molecule has 4 heteroatoms. The van der Waals surface area contributed by atoms with Crippen molar-refractivity contribution in [3.8, 4) is 0 Å². The van der Waals surface area contributed by atoms with Crippen molar-refractivity contribution < 1.29 is 0 Å². The summed E-state index contributed by atoms with van der Waals surface area (Å²) in [6.07, 6.45) is 5.01. The molecule has 10 heavy (non-hydrogen) atoms. The van der Waals surface area contributed by atoms with Crippen molar-refractivity contribution >= 4 is 39.2 Å². The summed E-state index contributed by atoms with van der Waals surface area (Å²) < 4.78 is 0. The van der Waals surface area contributed by atoms with Crippen molar-refractivity contribution in [2.24, 2.45) is 0 Å². The van der Waals surface area contributed by atoms with E-state index in [4.69, 9.17) is 33.2 Å². The number of halogens is 3. The Kier molecular flexibility index (Phi) is 5.93. The Morgan fingerprint density at radius 1 is 1.20 bits per heavy atom. The smallest absolute Gasteiger partial charge is 0.126 e. The maximum atomic E-state index is 5.66. The van der Waals surface area contributed by atoms with Crippen LogP contribution in [0, 0.1) is 0 Å². The molecule has 0 nitrogen and oxygen atoms in total. The van der Waals surface area contributed by atoms with Gasteiger partial charge in [0.05, 0.1) is 0 Å². The zero-order valence-corrected chi connectivity index (χ0v) is 9.01. The van der Waals surface area contributed by atoms with Crippen molar-refractivity contribution in [1.29, 1.82) is 0 Å². The van der Waals surface area contributed by atoms with Gasteiger partial charge in [0, 0.05) is 0 Å². The maximum absolute atomic E-state index is 5.66. The second-order valence-electron chi connectivity index (χ2n) is 2.15. The molecule has 0 aliphatic heterocycles. The van der Waals surface area contributed by atoms with Crippen molar-refractivity contribution in [2.45, 2.75) is 25.3 Å². The zero-order valence-electron chi connectivity index (χ0n) is 5.75. The lowest BCUT2D eigenvalue weighted by atomic mass is 10.2. The van der Waals surface area contributed by atoms with Crippen LogP contribution in [0.2, 0.25) is 6.04 Å². The van der Waals surface area contributed by atoms with Crippen molar-refractivity contribution in [3.63, 3.8) is 0 Å². The van der Waals surface area contributed by atoms with Crippen molar-refractivity contribution in [2.75, 3.05) is 0 Å². The summed E-state index contributed by atoms with van der Waals surface area (Å²) >= 11 is 17.0. The van der Waals surface area contributed by atoms with Crippen LogP contribution in [0.3, 0.4) is 0 Å². The SMILES string of the molecule is C=CCCCC[Si](Cl)(Cl)Cl. The van der Waals surface area contributed by atoms with E-state index in [0.717, 1.165) is 25.3 Å². The fraction of sp³-hybridized carbons (Fsp3) is 0.667. The molecule has 0 aromatic rings. The Balaban J connectivity index is 3.12. The lowest BCUT2D eigenvalue weighted by Crippen LogP contribution is -2.07. The Hall–Kier alpha value is 0.827. The molecule has 0 saturated heterocycles. The highest BCUT2D eigenvalue weighted by molar-refractivity contribution is 7.64. The topological polar surface area (TPSA) is 0 Å². The van der Waals surface area contributed by atoms with Crippen LogP contribution in [-0.4, -0.2) is 6.00 Å². The molecule has 0 aliphatic rings. The maximum Gasteiger partial charge on any atom is 0.341 e. The highest BCUT2D eigenvalue weighted by Crippen LogP contribution is 2.27. The van der Waals surface area contributed by atoms with Gasteiger partial charge in [0.15, 0.2) is 0 Å². The molecule has 0 radical (unpaired) electrons. The first-order valence-electron chi connectivity index (χ1n) is 3.24. The summed E-state index contributed by atoms with van der Waals surface area (Å²) in [5.41, 5.74) is 0. The quantitative estimate of drug-likeness (QED) is 0.283. The van der Waals surface area contributed by atoms with Gasteiger partial charge in [-0.15, -0.1) is 39.8 Å². The third-order valence-electron chi connectivity index (χ3n) is 1.12. The van der Waals surface area contributed by atoms with E-state index in [9.17, 15) is 0 Å². The molecule has 0 amide bonds. The fourth-order valence-corrected chi connectivity index (χ4v) is 2.47. The van der Waals surface area contributed by atoms with E-state index in [-0.39, 0.29) is 0 Å². The van der Waals surface area contributed by atoms with Crippen LogP contribution in [0.1, 0.15) is 19.3 Å². The van der Waals surface area contributed by atoms with Crippen molar-refractivity contribution in [1.82, 2.24) is 0 Å². The molecular weight excluding hydrogens is 207 g/mol. The second kappa shape index (κ2) is 5.47. The summed E-state index contributed by atoms with van der Waals surface area (Å²) in [7, 11) is 0. The molecule has 60 valence electrons. The van der Waals surface area contributed by atoms with Gasteiger partial charge in [0.1, 0.15) is 0 Å². The average molecular weight is 218 g/mol. The molecular formula is C6H11Cl3Si. The summed E-state index contributed by atoms with van der Waals surface area (Å²) in [6.45, 7) is 3.61. The first-order valence-corrected chi connectivity index (χ1v) is 8.48. The minimum absolute atomic E-state index is 0.769. The van der Waals surface area contributed by atoms with E-state index in [0.29, 0.717) is 0 Å². The first-order chi connectivity index (χ1) is 4.56. The third-order valence-corrected chi connectivity index (χ3v) is 3.74. The van der Waals surface area contributed by atoms with Crippen LogP contribution in [0.4, 0.5) is 0 Å². The van der Waals surface area contributed by atoms with Gasteiger partial charge in [-0.3, -0.25) is 0 Å². The normalized spacial score (nSPS) is 11.5. The third kappa shape index (κ3) is 8.83. The second-order valence-corrected chi connectivity index (χ2v) is 11.4. The monoisotopic (exact) mass is 216 g/mol. The van der Waals surface area contributed by atoms with E-state index >= 15 is 0 Å². The van der Waals surface area contributed by atoms with Gasteiger partial charge in [-0.1, -0.05) is 12.5 Å². The molecule has 0 aliphatic carbocycles. The van der Waals surface area contributed by atoms with Gasteiger partial charge in [-0.05, 0) is 18.9 Å². The standard InChI is InChI=1S/C6H11Cl3Si/c1-2-3-4-5-6-10(7,8)9/h2H,1,3-6H2. The van der Waals surface area contributed by atoms with E-state index in [2.05, 4.69) is 6.58 Å². The van der Waals surface area contributed by atoms with Crippen molar-refractivity contribution in [3.05, 3.63) is 12.7 Å². The van der Waals surface area contributed by atoms with Gasteiger partial charge in [0.25, 0.3) is 0 Å². The Labute approximate surface area is 77.3 Å². The minimum atomic E-state index is -2.32. The van der Waals surface area contributed by atoms with E-state index in [1.54, 1.807) is 0 Å². The lowest BCUT2D eigenvalue weighted by Gasteiger charge is -2.05. The van der Waals surface area contributed by atoms with Crippen LogP contribution in [0.25, 0.3) is 0 Å². The molecule has 0 heterocycles. The number of hydrogen-bond donors (Lipinski definition) is 0. The highest BCUT2D eigenvalue weighted by atomic mass is 35.8. The van der Waals surface area contributed by atoms with Gasteiger partial charge in [-0.2, -0.15) is 0 Å². The molecule has 0 aromatic heterocycles. The zero-order chi connectivity index (χ0) is 8.04. The summed E-state index contributed by atoms with van der Waals surface area (Å²) in [6, 6.07) is -1.56. The van der Waals surface area contributed by atoms with Crippen LogP contribution >= 0.6 is 33.2 Å². The summed E-state index contributed by atoms with van der Waals surface area (Å²) in [4.78, 5) is 0. The molecule has 0 unspecified atom stereocenters. The van der Waals surface area contributed by atoms with Crippen LogP contribution < -0.4 is 0 Å². The minimum Gasteiger partial charge on any atom is -0.126 e. The summed E-state index contributed by atoms with van der Waals surface area (Å²) in [5, 5.41) is 0. The largest absolute Gasteiger partial charge is 0.341 e. The fourth-order valence-electron chi connectivity index (χ4n) is 0.614. The molecule has 0 bridgehead atoms. The van der Waals surface area contributed by atoms with E-state index in [1.165, 1.54) is 0 Å².